The van der Waals surface area contributed by atoms with Crippen molar-refractivity contribution in [2.45, 2.75) is 26.0 Å². The van der Waals surface area contributed by atoms with Gasteiger partial charge in [-0.1, -0.05) is 29.8 Å². The average molecular weight is 237 g/mol. The van der Waals surface area contributed by atoms with Crippen LogP contribution < -0.4 is 5.73 Å². The first kappa shape index (κ1) is 13.7. The first-order valence-electron chi connectivity index (χ1n) is 5.61. The Balaban J connectivity index is 2.83. The molecule has 94 valence electrons. The molecule has 17 heavy (non-hydrogen) atoms. The number of esters is 1. The molecule has 4 nitrogen and oxygen atoms in total. The van der Waals surface area contributed by atoms with Gasteiger partial charge in [-0.25, -0.2) is 0 Å². The van der Waals surface area contributed by atoms with Crippen molar-refractivity contribution in [1.29, 1.82) is 0 Å². The number of hydrogen-bond donors (Lipinski definition) is 1. The summed E-state index contributed by atoms with van der Waals surface area (Å²) in [4.78, 5) is 11.6. The van der Waals surface area contributed by atoms with E-state index in [0.717, 1.165) is 11.1 Å². The molecule has 1 rings (SSSR count). The van der Waals surface area contributed by atoms with Crippen LogP contribution in [0.5, 0.6) is 0 Å². The van der Waals surface area contributed by atoms with Gasteiger partial charge in [0, 0.05) is 7.11 Å². The number of rotatable bonds is 5. The van der Waals surface area contributed by atoms with E-state index in [2.05, 4.69) is 0 Å². The van der Waals surface area contributed by atoms with Gasteiger partial charge in [-0.3, -0.25) is 4.79 Å². The average Bonchev–Trinajstić information content (AvgIpc) is 2.32. The molecule has 2 atom stereocenters. The fourth-order valence-electron chi connectivity index (χ4n) is 1.61. The topological polar surface area (TPSA) is 61.5 Å². The van der Waals surface area contributed by atoms with Crippen LogP contribution in [0.2, 0.25) is 0 Å². The maximum absolute atomic E-state index is 11.6. The normalized spacial score (nSPS) is 14.1. The van der Waals surface area contributed by atoms with Crippen LogP contribution in [0.1, 0.15) is 24.2 Å². The van der Waals surface area contributed by atoms with Gasteiger partial charge in [0.15, 0.2) is 0 Å². The third kappa shape index (κ3) is 3.54. The molecule has 0 fully saturated rings. The van der Waals surface area contributed by atoms with Gasteiger partial charge in [-0.05, 0) is 19.4 Å². The lowest BCUT2D eigenvalue weighted by molar-refractivity contribution is -0.148. The highest BCUT2D eigenvalue weighted by molar-refractivity contribution is 5.76. The number of carbonyl (C=O) groups is 1. The molecule has 0 amide bonds. The summed E-state index contributed by atoms with van der Waals surface area (Å²) in [7, 11) is 1.53. The number of ether oxygens (including phenoxy) is 2. The largest absolute Gasteiger partial charge is 0.465 e. The van der Waals surface area contributed by atoms with Gasteiger partial charge >= 0.3 is 5.97 Å². The molecule has 0 aliphatic carbocycles. The van der Waals surface area contributed by atoms with Gasteiger partial charge in [-0.2, -0.15) is 0 Å². The Labute approximate surface area is 102 Å². The van der Waals surface area contributed by atoms with Gasteiger partial charge in [-0.15, -0.1) is 0 Å². The van der Waals surface area contributed by atoms with E-state index in [-0.39, 0.29) is 0 Å². The number of carbonyl (C=O) groups excluding carboxylic acids is 1. The first-order valence-corrected chi connectivity index (χ1v) is 5.61. The van der Waals surface area contributed by atoms with Gasteiger partial charge in [0.2, 0.25) is 0 Å². The van der Waals surface area contributed by atoms with Crippen LogP contribution in [-0.4, -0.2) is 25.7 Å². The maximum atomic E-state index is 11.6. The van der Waals surface area contributed by atoms with Crippen LogP contribution in [0, 0.1) is 6.92 Å². The number of benzene rings is 1. The van der Waals surface area contributed by atoms with E-state index >= 15 is 0 Å². The molecular formula is C13H19NO3. The second-order valence-electron chi connectivity index (χ2n) is 3.84. The Hall–Kier alpha value is -1.39. The van der Waals surface area contributed by atoms with E-state index in [1.807, 2.05) is 31.2 Å². The lowest BCUT2D eigenvalue weighted by Gasteiger charge is -2.21. The van der Waals surface area contributed by atoms with E-state index in [1.165, 1.54) is 7.11 Å². The molecule has 0 spiro atoms. The molecule has 0 bridgehead atoms. The Kier molecular flexibility index (Phi) is 5.12. The summed E-state index contributed by atoms with van der Waals surface area (Å²) >= 11 is 0. The lowest BCUT2D eigenvalue weighted by atomic mass is 10.0. The standard InChI is InChI=1S/C13H19NO3/c1-4-17-13(15)11(14)12(16-3)10-7-5-9(2)6-8-10/h5-8,11-12H,4,14H2,1-3H3. The minimum atomic E-state index is -0.803. The number of methoxy groups -OCH3 is 1. The highest BCUT2D eigenvalue weighted by Crippen LogP contribution is 2.20. The Morgan fingerprint density at radius 1 is 1.35 bits per heavy atom. The Morgan fingerprint density at radius 3 is 2.41 bits per heavy atom. The summed E-state index contributed by atoms with van der Waals surface area (Å²) < 4.78 is 10.2. The molecule has 0 aromatic heterocycles. The SMILES string of the molecule is CCOC(=O)C(N)C(OC)c1ccc(C)cc1. The highest BCUT2D eigenvalue weighted by atomic mass is 16.5. The molecule has 0 saturated heterocycles. The number of aryl methyl sites for hydroxylation is 1. The van der Waals surface area contributed by atoms with Gasteiger partial charge in [0.05, 0.1) is 6.61 Å². The van der Waals surface area contributed by atoms with Crippen molar-refractivity contribution >= 4 is 5.97 Å². The second-order valence-corrected chi connectivity index (χ2v) is 3.84. The molecule has 1 aromatic rings. The van der Waals surface area contributed by atoms with E-state index in [1.54, 1.807) is 6.92 Å². The van der Waals surface area contributed by atoms with E-state index in [4.69, 9.17) is 15.2 Å². The van der Waals surface area contributed by atoms with Crippen molar-refractivity contribution in [2.75, 3.05) is 13.7 Å². The summed E-state index contributed by atoms with van der Waals surface area (Å²) in [5.41, 5.74) is 7.85. The molecular weight excluding hydrogens is 218 g/mol. The fourth-order valence-corrected chi connectivity index (χ4v) is 1.61. The van der Waals surface area contributed by atoms with E-state index < -0.39 is 18.1 Å². The molecule has 2 unspecified atom stereocenters. The fraction of sp³-hybridized carbons (Fsp3) is 0.462. The van der Waals surface area contributed by atoms with E-state index in [9.17, 15) is 4.79 Å². The molecule has 0 aliphatic heterocycles. The summed E-state index contributed by atoms with van der Waals surface area (Å²) in [5, 5.41) is 0. The van der Waals surface area contributed by atoms with Crippen LogP contribution >= 0.6 is 0 Å². The minimum Gasteiger partial charge on any atom is -0.465 e. The zero-order valence-electron chi connectivity index (χ0n) is 10.5. The van der Waals surface area contributed by atoms with Crippen molar-refractivity contribution in [3.05, 3.63) is 35.4 Å². The molecule has 2 N–H and O–H groups in total. The highest BCUT2D eigenvalue weighted by Gasteiger charge is 2.27. The summed E-state index contributed by atoms with van der Waals surface area (Å²) in [6.45, 7) is 4.06. The predicted octanol–water partition coefficient (Wildman–Crippen LogP) is 1.57. The van der Waals surface area contributed by atoms with Crippen LogP contribution in [0.15, 0.2) is 24.3 Å². The smallest absolute Gasteiger partial charge is 0.325 e. The van der Waals surface area contributed by atoms with Crippen LogP contribution in [0.3, 0.4) is 0 Å². The molecule has 1 aromatic carbocycles. The van der Waals surface area contributed by atoms with Crippen LogP contribution in [-0.2, 0) is 14.3 Å². The van der Waals surface area contributed by atoms with Crippen molar-refractivity contribution < 1.29 is 14.3 Å². The monoisotopic (exact) mass is 237 g/mol. The summed E-state index contributed by atoms with van der Waals surface area (Å²) in [6.07, 6.45) is -0.477. The quantitative estimate of drug-likeness (QED) is 0.790. The van der Waals surface area contributed by atoms with Gasteiger partial charge < -0.3 is 15.2 Å². The molecule has 0 radical (unpaired) electrons. The van der Waals surface area contributed by atoms with Crippen LogP contribution in [0.25, 0.3) is 0 Å². The number of hydrogen-bond acceptors (Lipinski definition) is 4. The van der Waals surface area contributed by atoms with Crippen molar-refractivity contribution in [3.63, 3.8) is 0 Å². The van der Waals surface area contributed by atoms with Crippen molar-refractivity contribution in [3.8, 4) is 0 Å². The zero-order chi connectivity index (χ0) is 12.8. The zero-order valence-corrected chi connectivity index (χ0v) is 10.5. The second kappa shape index (κ2) is 6.37. The van der Waals surface area contributed by atoms with Crippen molar-refractivity contribution in [2.24, 2.45) is 5.73 Å². The van der Waals surface area contributed by atoms with Crippen molar-refractivity contribution in [1.82, 2.24) is 0 Å². The summed E-state index contributed by atoms with van der Waals surface area (Å²) in [5.74, 6) is -0.445. The minimum absolute atomic E-state index is 0.316. The molecule has 0 saturated carbocycles. The molecule has 4 heteroatoms. The number of nitrogens with two attached hydrogens (primary N) is 1. The van der Waals surface area contributed by atoms with Crippen LogP contribution in [0.4, 0.5) is 0 Å². The Morgan fingerprint density at radius 2 is 1.94 bits per heavy atom. The van der Waals surface area contributed by atoms with E-state index in [0.29, 0.717) is 6.61 Å². The first-order chi connectivity index (χ1) is 8.10. The third-order valence-electron chi connectivity index (χ3n) is 2.54. The third-order valence-corrected chi connectivity index (χ3v) is 2.54. The maximum Gasteiger partial charge on any atom is 0.325 e. The van der Waals surface area contributed by atoms with Gasteiger partial charge in [0.25, 0.3) is 0 Å². The predicted molar refractivity (Wildman–Crippen MR) is 65.5 cm³/mol. The molecule has 0 heterocycles. The van der Waals surface area contributed by atoms with Gasteiger partial charge in [0.1, 0.15) is 12.1 Å². The Bertz CT molecular complexity index is 361. The summed E-state index contributed by atoms with van der Waals surface area (Å²) in [6, 6.07) is 6.92. The lowest BCUT2D eigenvalue weighted by Crippen LogP contribution is -2.39. The molecule has 0 aliphatic rings.